The number of aliphatic hydroxyl groups is 3. The van der Waals surface area contributed by atoms with Crippen molar-refractivity contribution in [2.24, 2.45) is 40.4 Å². The van der Waals surface area contributed by atoms with Crippen LogP contribution in [0.15, 0.2) is 63.9 Å². The number of nitrogens with zero attached hydrogens (tertiary/aromatic N) is 2. The summed E-state index contributed by atoms with van der Waals surface area (Å²) in [7, 11) is -3.76. The normalized spacial score (nSPS) is 28.6. The van der Waals surface area contributed by atoms with E-state index >= 15 is 0 Å². The van der Waals surface area contributed by atoms with Gasteiger partial charge >= 0.3 is 11.9 Å². The largest absolute Gasteiger partial charge is 0.457 e. The molecule has 0 aliphatic carbocycles. The Balaban J connectivity index is 0.000000470. The third-order valence-electron chi connectivity index (χ3n) is 18.3. The van der Waals surface area contributed by atoms with Crippen LogP contribution in [0.1, 0.15) is 198 Å². The van der Waals surface area contributed by atoms with Crippen molar-refractivity contribution in [1.82, 2.24) is 9.97 Å². The molecule has 0 amide bonds. The number of aromatic nitrogens is 2. The molecule has 2 aromatic rings. The highest BCUT2D eigenvalue weighted by molar-refractivity contribution is 7.10. The van der Waals surface area contributed by atoms with Gasteiger partial charge in [0.1, 0.15) is 27.7 Å². The fraction of sp³-hybridized carbons (Fsp3) is 0.691. The van der Waals surface area contributed by atoms with Gasteiger partial charge < -0.3 is 33.6 Å². The second kappa shape index (κ2) is 33.8. The van der Waals surface area contributed by atoms with E-state index in [1.54, 1.807) is 32.1 Å². The van der Waals surface area contributed by atoms with Gasteiger partial charge in [-0.1, -0.05) is 158 Å². The van der Waals surface area contributed by atoms with E-state index in [1.807, 2.05) is 91.2 Å². The van der Waals surface area contributed by atoms with E-state index in [-0.39, 0.29) is 76.7 Å². The van der Waals surface area contributed by atoms with Gasteiger partial charge in [0.25, 0.3) is 0 Å². The lowest BCUT2D eigenvalue weighted by molar-refractivity contribution is -0.157. The Morgan fingerprint density at radius 3 is 1.72 bits per heavy atom. The third kappa shape index (κ3) is 23.8. The van der Waals surface area contributed by atoms with E-state index in [9.17, 15) is 39.3 Å². The van der Waals surface area contributed by atoms with Crippen LogP contribution in [0.2, 0.25) is 36.3 Å². The van der Waals surface area contributed by atoms with Crippen molar-refractivity contribution < 1.29 is 57.6 Å². The molecule has 2 aliphatic rings. The van der Waals surface area contributed by atoms with Gasteiger partial charge in [0.15, 0.2) is 28.5 Å². The molecule has 486 valence electrons. The molecule has 0 aromatic carbocycles. The minimum atomic E-state index is -2.14. The molecule has 2 aliphatic heterocycles. The minimum absolute atomic E-state index is 0.0214. The number of aliphatic hydroxyl groups excluding tert-OH is 3. The summed E-state index contributed by atoms with van der Waals surface area (Å²) in [4.78, 5) is 73.5. The van der Waals surface area contributed by atoms with Crippen molar-refractivity contribution in [2.45, 2.75) is 263 Å². The zero-order valence-electron chi connectivity index (χ0n) is 57.1. The third-order valence-corrected chi connectivity index (χ3v) is 29.0. The van der Waals surface area contributed by atoms with E-state index in [2.05, 4.69) is 109 Å². The highest BCUT2D eigenvalue weighted by Crippen LogP contribution is 2.42. The van der Waals surface area contributed by atoms with Crippen LogP contribution < -0.4 is 0 Å². The predicted octanol–water partition coefficient (Wildman–Crippen LogP) is 15.5. The summed E-state index contributed by atoms with van der Waals surface area (Å²) in [6, 6.07) is 0. The summed E-state index contributed by atoms with van der Waals surface area (Å²) < 4.78 is 24.3. The Morgan fingerprint density at radius 1 is 0.721 bits per heavy atom. The molecule has 14 nitrogen and oxygen atoms in total. The molecule has 86 heavy (non-hydrogen) atoms. The lowest BCUT2D eigenvalue weighted by Crippen LogP contribution is -2.50. The number of esters is 2. The number of rotatable bonds is 10. The second-order valence-electron chi connectivity index (χ2n) is 28.4. The molecule has 0 saturated carbocycles. The standard InChI is InChI=1S/C29H50O5Si.C27H39NO6S.C12H23NOSSi/c1-19-14-13-15-20(2)26(34-35(11,12)28(6,7)8)22(4)27(32)29(9,10)21(3)18-25(31)33-24(17-16-19)23(5)30;1-16-8-7-9-17(2)25(32)19(4)26(33)27(5,6)22(30)13-24(31)34-21(11-10-16)18(3)12-20-15-35-23(14-29)28-20;1-7-10-9-15-11(13-10)8-14-16(5,6)12(2,3)4/h13,15-16,20-22,24,26H,14,17-18H2,1-12H3;7,9-10,12,15,17,19,21-22,25,29-30,32H,8,11,13-14H2,1-6H3;9H,7-8H2,1-6H3/b15-13+,19-16-;9-7+,16-10-,18-12+;/t20-,21-,22+,24-,26-;17-,19+,21-,22-,25-;/m00./s1. The van der Waals surface area contributed by atoms with Crippen LogP contribution in [-0.4, -0.2) is 102 Å². The van der Waals surface area contributed by atoms with Gasteiger partial charge in [-0.05, 0) is 107 Å². The molecule has 4 heterocycles. The molecule has 0 bridgehead atoms. The van der Waals surface area contributed by atoms with E-state index in [0.29, 0.717) is 36.6 Å². The van der Waals surface area contributed by atoms with Crippen molar-refractivity contribution in [1.29, 1.82) is 0 Å². The molecule has 0 unspecified atom stereocenters. The summed E-state index contributed by atoms with van der Waals surface area (Å²) in [5, 5.41) is 36.8. The van der Waals surface area contributed by atoms with Gasteiger partial charge in [-0.3, -0.25) is 24.0 Å². The number of allylic oxidation sites excluding steroid dienone is 4. The Labute approximate surface area is 528 Å². The van der Waals surface area contributed by atoms with Gasteiger partial charge in [-0.2, -0.15) is 0 Å². The quantitative estimate of drug-likeness (QED) is 0.115. The smallest absolute Gasteiger partial charge is 0.309 e. The SMILES string of the molecule is C/C1=C/C[C@@H](/C(C)=C/c2csc(CO)n2)OC(=O)C[C@H](O)C(C)(C)C(=O)[C@H](C)[C@@H](O)[C@@H](C)/C=C/C1.CC(=O)[C@@H]1C/C=C(/C)C/C=C/[C@H](C)[C@H](O[Si](C)(C)C(C)(C)C)[C@@H](C)C(=O)C(C)(C)[C@@H](C)CC(=O)O1.CCc1csc(CO[Si](C)(C)C(C)(C)C)n1. The minimum Gasteiger partial charge on any atom is -0.457 e. The molecular formula is C68H112N2O12S2Si2. The average Bonchev–Trinajstić information content (AvgIpc) is 1.32. The predicted molar refractivity (Wildman–Crippen MR) is 357 cm³/mol. The molecular weight excluding hydrogens is 1160 g/mol. The number of hydrogen-bond donors (Lipinski definition) is 3. The topological polar surface area (TPSA) is 209 Å². The lowest BCUT2D eigenvalue weighted by Gasteiger charge is -2.43. The maximum absolute atomic E-state index is 13.9. The molecule has 18 heteroatoms. The van der Waals surface area contributed by atoms with Crippen LogP contribution in [0.3, 0.4) is 0 Å². The van der Waals surface area contributed by atoms with E-state index in [0.717, 1.165) is 34.6 Å². The van der Waals surface area contributed by atoms with Crippen LogP contribution in [0.5, 0.6) is 0 Å². The number of Topliss-reactive ketones (excluding diaryl/α,β-unsaturated/α-hetero) is 3. The zero-order chi connectivity index (χ0) is 66.1. The number of ether oxygens (including phenoxy) is 2. The van der Waals surface area contributed by atoms with Crippen LogP contribution in [0.25, 0.3) is 6.08 Å². The molecule has 2 aromatic heterocycles. The maximum Gasteiger partial charge on any atom is 0.309 e. The molecule has 0 spiro atoms. The Hall–Kier alpha value is -3.86. The van der Waals surface area contributed by atoms with Crippen molar-refractivity contribution in [2.75, 3.05) is 0 Å². The van der Waals surface area contributed by atoms with Crippen molar-refractivity contribution in [3.8, 4) is 0 Å². The lowest BCUT2D eigenvalue weighted by atomic mass is 9.69. The fourth-order valence-electron chi connectivity index (χ4n) is 9.25. The Morgan fingerprint density at radius 2 is 1.22 bits per heavy atom. The van der Waals surface area contributed by atoms with E-state index in [1.165, 1.54) is 24.0 Å². The summed E-state index contributed by atoms with van der Waals surface area (Å²) in [5.74, 6) is -2.92. The number of cyclic esters (lactones) is 2. The maximum atomic E-state index is 13.9. The van der Waals surface area contributed by atoms with E-state index < -0.39 is 69.7 Å². The molecule has 4 rings (SSSR count). The van der Waals surface area contributed by atoms with Gasteiger partial charge in [0, 0.05) is 53.2 Å². The van der Waals surface area contributed by atoms with Crippen molar-refractivity contribution in [3.63, 3.8) is 0 Å². The van der Waals surface area contributed by atoms with Gasteiger partial charge in [0.05, 0.1) is 54.7 Å². The summed E-state index contributed by atoms with van der Waals surface area (Å²) in [6.07, 6.45) is 13.1. The van der Waals surface area contributed by atoms with Gasteiger partial charge in [0.2, 0.25) is 0 Å². The number of thiazole rings is 2. The van der Waals surface area contributed by atoms with Gasteiger partial charge in [-0.15, -0.1) is 22.7 Å². The highest BCUT2D eigenvalue weighted by atomic mass is 32.1. The van der Waals surface area contributed by atoms with Gasteiger partial charge in [-0.25, -0.2) is 9.97 Å². The number of hydrogen-bond acceptors (Lipinski definition) is 16. The van der Waals surface area contributed by atoms with Crippen LogP contribution in [0.4, 0.5) is 0 Å². The summed E-state index contributed by atoms with van der Waals surface area (Å²) >= 11 is 3.06. The fourth-order valence-corrected chi connectivity index (χ4v) is 13.1. The molecule has 10 atom stereocenters. The summed E-state index contributed by atoms with van der Waals surface area (Å²) in [6.45, 7) is 48.9. The molecule has 3 N–H and O–H groups in total. The first-order valence-electron chi connectivity index (χ1n) is 30.9. The zero-order valence-corrected chi connectivity index (χ0v) is 60.7. The highest BCUT2D eigenvalue weighted by Gasteiger charge is 2.47. The second-order valence-corrected chi connectivity index (χ2v) is 39.8. The monoisotopic (exact) mass is 1270 g/mol. The number of carbonyl (C=O) groups is 5. The van der Waals surface area contributed by atoms with Crippen LogP contribution >= 0.6 is 22.7 Å². The number of aryl methyl sites for hydroxylation is 1. The number of carbonyl (C=O) groups excluding carboxylic acids is 5. The summed E-state index contributed by atoms with van der Waals surface area (Å²) in [5.41, 5.74) is 2.82. The van der Waals surface area contributed by atoms with E-state index in [4.69, 9.17) is 18.3 Å². The van der Waals surface area contributed by atoms with Crippen LogP contribution in [-0.2, 0) is 61.9 Å². The average molecular weight is 1270 g/mol. The number of ketones is 3. The molecule has 0 fully saturated rings. The van der Waals surface area contributed by atoms with Crippen molar-refractivity contribution in [3.05, 3.63) is 85.3 Å². The first-order valence-corrected chi connectivity index (χ1v) is 38.5. The first kappa shape index (κ1) is 78.2. The Kier molecular flexibility index (Phi) is 30.8. The van der Waals surface area contributed by atoms with Crippen molar-refractivity contribution >= 4 is 74.7 Å². The van der Waals surface area contributed by atoms with Crippen LogP contribution in [0, 0.1) is 40.4 Å². The molecule has 0 radical (unpaired) electrons. The molecule has 0 saturated heterocycles. The Bertz CT molecular complexity index is 2700. The first-order chi connectivity index (χ1) is 39.4.